The molecule has 1 aromatic heterocycles. The number of pyridine rings is 1. The zero-order chi connectivity index (χ0) is 27.6. The number of nitrogens with one attached hydrogen (secondary N) is 1. The number of nitrogens with zero attached hydrogens (tertiary/aromatic N) is 1. The Bertz CT molecular complexity index is 1360. The smallest absolute Gasteiger partial charge is 0.407 e. The number of benzene rings is 1. The van der Waals surface area contributed by atoms with Crippen LogP contribution in [-0.4, -0.2) is 35.4 Å². The summed E-state index contributed by atoms with van der Waals surface area (Å²) < 4.78 is 41.7. The zero-order valence-electron chi connectivity index (χ0n) is 22.3. The molecule has 2 aliphatic rings. The number of carbonyl (C=O) groups excluding carboxylic acids is 2. The van der Waals surface area contributed by atoms with Crippen molar-refractivity contribution in [2.45, 2.75) is 77.9 Å². The summed E-state index contributed by atoms with van der Waals surface area (Å²) in [5.41, 5.74) is -1.47. The van der Waals surface area contributed by atoms with Gasteiger partial charge < -0.3 is 19.4 Å². The van der Waals surface area contributed by atoms with Gasteiger partial charge in [-0.25, -0.2) is 18.4 Å². The van der Waals surface area contributed by atoms with Crippen molar-refractivity contribution in [2.24, 2.45) is 11.8 Å². The Morgan fingerprint density at radius 3 is 2.53 bits per heavy atom. The third kappa shape index (κ3) is 6.17. The van der Waals surface area contributed by atoms with Gasteiger partial charge in [-0.1, -0.05) is 18.3 Å². The van der Waals surface area contributed by atoms with Gasteiger partial charge in [-0.15, -0.1) is 0 Å². The third-order valence-electron chi connectivity index (χ3n) is 6.95. The van der Waals surface area contributed by atoms with Crippen LogP contribution in [0.5, 0.6) is 0 Å². The summed E-state index contributed by atoms with van der Waals surface area (Å²) in [7, 11) is 0. The molecule has 0 spiro atoms. The molecule has 2 saturated carbocycles. The second kappa shape index (κ2) is 11.1. The van der Waals surface area contributed by atoms with Crippen LogP contribution in [0.15, 0.2) is 17.1 Å². The van der Waals surface area contributed by atoms with Crippen LogP contribution in [0, 0.1) is 35.3 Å². The summed E-state index contributed by atoms with van der Waals surface area (Å²) in [6.45, 7) is 7.58. The van der Waals surface area contributed by atoms with Crippen molar-refractivity contribution < 1.29 is 27.8 Å². The molecule has 204 valence electrons. The van der Waals surface area contributed by atoms with Gasteiger partial charge in [0.1, 0.15) is 11.2 Å². The Morgan fingerprint density at radius 2 is 1.87 bits per heavy atom. The van der Waals surface area contributed by atoms with Gasteiger partial charge in [-0.3, -0.25) is 4.79 Å². The fourth-order valence-corrected chi connectivity index (χ4v) is 5.02. The van der Waals surface area contributed by atoms with E-state index in [0.717, 1.165) is 38.2 Å². The highest BCUT2D eigenvalue weighted by atomic mass is 19.2. The van der Waals surface area contributed by atoms with Crippen LogP contribution in [-0.2, 0) is 9.47 Å². The molecule has 0 bridgehead atoms. The summed E-state index contributed by atoms with van der Waals surface area (Å²) in [5.74, 6) is 3.11. The first-order chi connectivity index (χ1) is 18.0. The van der Waals surface area contributed by atoms with Crippen LogP contribution in [0.4, 0.5) is 13.6 Å². The van der Waals surface area contributed by atoms with E-state index < -0.39 is 34.7 Å². The number of hydrogen-bond acceptors (Lipinski definition) is 5. The number of amides is 1. The predicted octanol–water partition coefficient (Wildman–Crippen LogP) is 5.47. The molecule has 2 aliphatic carbocycles. The first-order valence-corrected chi connectivity index (χ1v) is 13.2. The molecule has 1 amide bonds. The van der Waals surface area contributed by atoms with E-state index in [1.165, 1.54) is 6.20 Å². The van der Waals surface area contributed by atoms with Gasteiger partial charge in [0.25, 0.3) is 0 Å². The van der Waals surface area contributed by atoms with Gasteiger partial charge in [0.05, 0.1) is 23.1 Å². The highest BCUT2D eigenvalue weighted by Crippen LogP contribution is 2.38. The molecular weight excluding hydrogens is 494 g/mol. The number of carbonyl (C=O) groups is 2. The molecule has 9 heteroatoms. The molecule has 0 radical (unpaired) electrons. The second-order valence-corrected chi connectivity index (χ2v) is 11.0. The van der Waals surface area contributed by atoms with Crippen molar-refractivity contribution >= 4 is 23.0 Å². The third-order valence-corrected chi connectivity index (χ3v) is 6.95. The minimum absolute atomic E-state index is 0.0326. The molecule has 1 heterocycles. The maximum Gasteiger partial charge on any atom is 0.407 e. The van der Waals surface area contributed by atoms with Gasteiger partial charge >= 0.3 is 12.1 Å². The lowest BCUT2D eigenvalue weighted by Gasteiger charge is -2.22. The van der Waals surface area contributed by atoms with E-state index in [1.54, 1.807) is 32.3 Å². The van der Waals surface area contributed by atoms with Gasteiger partial charge in [-0.2, -0.15) is 0 Å². The number of esters is 1. The van der Waals surface area contributed by atoms with Crippen LogP contribution >= 0.6 is 0 Å². The molecular formula is C29H34F2N2O5. The van der Waals surface area contributed by atoms with Crippen molar-refractivity contribution in [2.75, 3.05) is 13.2 Å². The Morgan fingerprint density at radius 1 is 1.16 bits per heavy atom. The highest BCUT2D eigenvalue weighted by Gasteiger charge is 2.30. The fraction of sp³-hybridized carbons (Fsp3) is 0.552. The topological polar surface area (TPSA) is 86.6 Å². The number of aromatic nitrogens is 1. The van der Waals surface area contributed by atoms with Gasteiger partial charge in [0, 0.05) is 25.2 Å². The zero-order valence-corrected chi connectivity index (χ0v) is 22.3. The van der Waals surface area contributed by atoms with Crippen LogP contribution in [0.1, 0.15) is 88.2 Å². The molecule has 0 saturated heterocycles. The standard InChI is InChI=1S/C29H34F2N2O5/c1-5-37-27(35)22-16-33(19-12-13-19)25-20(24(31)23(30)14-21(25)26(22)34)11-7-9-17-8-6-10-18(17)15-32-28(36)38-29(2,3)4/h14,16-19H,5-6,8-10,12-13,15H2,1-4H3,(H,32,36)/t17-,18-/m0/s1. The summed E-state index contributed by atoms with van der Waals surface area (Å²) >= 11 is 0. The van der Waals surface area contributed by atoms with E-state index in [0.29, 0.717) is 13.0 Å². The molecule has 1 N–H and O–H groups in total. The van der Waals surface area contributed by atoms with E-state index >= 15 is 4.39 Å². The maximum atomic E-state index is 15.1. The first kappa shape index (κ1) is 27.6. The highest BCUT2D eigenvalue weighted by molar-refractivity contribution is 5.95. The number of hydrogen-bond donors (Lipinski definition) is 1. The van der Waals surface area contributed by atoms with E-state index in [1.807, 2.05) is 0 Å². The normalized spacial score (nSPS) is 19.1. The van der Waals surface area contributed by atoms with E-state index in [4.69, 9.17) is 9.47 Å². The molecule has 0 aliphatic heterocycles. The second-order valence-electron chi connectivity index (χ2n) is 11.0. The minimum Gasteiger partial charge on any atom is -0.462 e. The maximum absolute atomic E-state index is 15.1. The molecule has 2 atom stereocenters. The molecule has 1 aromatic carbocycles. The lowest BCUT2D eigenvalue weighted by molar-refractivity contribution is 0.0508. The number of ether oxygens (including phenoxy) is 2. The molecule has 2 fully saturated rings. The Hall–Kier alpha value is -3.41. The van der Waals surface area contributed by atoms with Crippen molar-refractivity contribution in [1.82, 2.24) is 9.88 Å². The van der Waals surface area contributed by atoms with Crippen LogP contribution < -0.4 is 10.7 Å². The average molecular weight is 529 g/mol. The quantitative estimate of drug-likeness (QED) is 0.397. The first-order valence-electron chi connectivity index (χ1n) is 13.2. The summed E-state index contributed by atoms with van der Waals surface area (Å²) in [5, 5.41) is 2.73. The lowest BCUT2D eigenvalue weighted by Crippen LogP contribution is -2.36. The summed E-state index contributed by atoms with van der Waals surface area (Å²) in [6, 6.07) is 0.810. The molecule has 38 heavy (non-hydrogen) atoms. The molecule has 4 rings (SSSR count). The van der Waals surface area contributed by atoms with Crippen LogP contribution in [0.2, 0.25) is 0 Å². The Balaban J connectivity index is 1.62. The molecule has 0 unspecified atom stereocenters. The van der Waals surface area contributed by atoms with Crippen molar-refractivity contribution in [3.05, 3.63) is 45.2 Å². The molecule has 7 nitrogen and oxygen atoms in total. The van der Waals surface area contributed by atoms with Gasteiger partial charge in [0.2, 0.25) is 5.43 Å². The Labute approximate surface area is 220 Å². The monoisotopic (exact) mass is 528 g/mol. The van der Waals surface area contributed by atoms with E-state index in [2.05, 4.69) is 17.2 Å². The SMILES string of the molecule is CCOC(=O)c1cn(C2CC2)c2c(C#CC[C@@H]3CCC[C@H]3CNC(=O)OC(C)(C)C)c(F)c(F)cc2c1=O. The van der Waals surface area contributed by atoms with Crippen molar-refractivity contribution in [1.29, 1.82) is 0 Å². The van der Waals surface area contributed by atoms with Crippen molar-refractivity contribution in [3.63, 3.8) is 0 Å². The van der Waals surface area contributed by atoms with E-state index in [-0.39, 0.29) is 46.5 Å². The lowest BCUT2D eigenvalue weighted by atomic mass is 9.93. The van der Waals surface area contributed by atoms with Crippen LogP contribution in [0.25, 0.3) is 10.9 Å². The number of halogens is 2. The fourth-order valence-electron chi connectivity index (χ4n) is 5.02. The van der Waals surface area contributed by atoms with Crippen molar-refractivity contribution in [3.8, 4) is 11.8 Å². The van der Waals surface area contributed by atoms with Gasteiger partial charge in [-0.05, 0) is 71.3 Å². The average Bonchev–Trinajstić information content (AvgIpc) is 3.58. The molecule has 2 aromatic rings. The largest absolute Gasteiger partial charge is 0.462 e. The minimum atomic E-state index is -1.19. The van der Waals surface area contributed by atoms with Crippen LogP contribution in [0.3, 0.4) is 0 Å². The summed E-state index contributed by atoms with van der Waals surface area (Å²) in [4.78, 5) is 37.5. The number of alkyl carbamates (subject to hydrolysis) is 1. The van der Waals surface area contributed by atoms with Gasteiger partial charge in [0.15, 0.2) is 11.6 Å². The number of rotatable bonds is 6. The van der Waals surface area contributed by atoms with E-state index in [9.17, 15) is 18.8 Å². The predicted molar refractivity (Wildman–Crippen MR) is 139 cm³/mol. The Kier molecular flexibility index (Phi) is 8.10. The number of fused-ring (bicyclic) bond motifs is 1. The summed E-state index contributed by atoms with van der Waals surface area (Å²) in [6.07, 6.45) is 5.77.